The Hall–Kier alpha value is 0. The van der Waals surface area contributed by atoms with E-state index in [2.05, 4.69) is 0 Å². The second-order valence-electron chi connectivity index (χ2n) is 21.7. The van der Waals surface area contributed by atoms with E-state index in [0.717, 1.165) is 107 Å². The van der Waals surface area contributed by atoms with Crippen LogP contribution in [0.25, 0.3) is 0 Å². The normalized spacial score (nSPS) is 55.5. The van der Waals surface area contributed by atoms with Gasteiger partial charge in [0.15, 0.2) is 0 Å². The fourth-order valence-electron chi connectivity index (χ4n) is 18.8. The maximum absolute atomic E-state index is 1.72. The first-order valence-electron chi connectivity index (χ1n) is 23.8. The van der Waals surface area contributed by atoms with Gasteiger partial charge in [0.25, 0.3) is 0 Å². The average molecular weight is 655 g/mol. The average Bonchev–Trinajstić information content (AvgIpc) is 3.14. The second-order valence-corrected chi connectivity index (χ2v) is 21.7. The van der Waals surface area contributed by atoms with Crippen molar-refractivity contribution in [1.82, 2.24) is 0 Å². The molecule has 12 unspecified atom stereocenters. The van der Waals surface area contributed by atoms with Crippen LogP contribution in [0.2, 0.25) is 0 Å². The summed E-state index contributed by atoms with van der Waals surface area (Å²) in [6.07, 6.45) is 48.7. The van der Waals surface area contributed by atoms with Crippen molar-refractivity contribution in [3.05, 3.63) is 0 Å². The molecule has 270 valence electrons. The van der Waals surface area contributed by atoms with E-state index >= 15 is 0 Å². The molecule has 12 atom stereocenters. The van der Waals surface area contributed by atoms with E-state index < -0.39 is 0 Å². The first kappa shape index (κ1) is 32.6. The van der Waals surface area contributed by atoms with Crippen LogP contribution in [-0.4, -0.2) is 0 Å². The Morgan fingerprint density at radius 1 is 0.167 bits per heavy atom. The maximum atomic E-state index is 1.72. The van der Waals surface area contributed by atoms with Crippen molar-refractivity contribution in [2.75, 3.05) is 0 Å². The number of hydrogen-bond acceptors (Lipinski definition) is 0. The SMILES string of the molecule is C1CCC2C(C1)CC1CCCCC1C2C1CC(C2C3CCCCC3CC3CCCCC32)CC(C2C3CCCCC3CC3CCCCC32)C1. The van der Waals surface area contributed by atoms with Crippen molar-refractivity contribution >= 4 is 0 Å². The van der Waals surface area contributed by atoms with Crippen LogP contribution in [-0.2, 0) is 0 Å². The van der Waals surface area contributed by atoms with Gasteiger partial charge >= 0.3 is 0 Å². The standard InChI is InChI=1S/C48H78/c1-7-19-40-31(13-1)25-32-14-2-8-20-41(32)46(40)37-28-38(47-42-21-9-3-15-33(42)26-34-16-4-10-22-43(34)47)30-39(29-37)48-44-23-11-5-17-35(44)27-36-18-6-12-24-45(36)48/h31-48H,1-30H2. The number of fused-ring (bicyclic) bond motifs is 6. The quantitative estimate of drug-likeness (QED) is 0.284. The third-order valence-electron chi connectivity index (χ3n) is 20.0. The predicted molar refractivity (Wildman–Crippen MR) is 201 cm³/mol. The molecule has 0 bridgehead atoms. The van der Waals surface area contributed by atoms with E-state index in [4.69, 9.17) is 0 Å². The van der Waals surface area contributed by atoms with Gasteiger partial charge in [-0.25, -0.2) is 0 Å². The third-order valence-corrected chi connectivity index (χ3v) is 20.0. The molecule has 0 heterocycles. The summed E-state index contributed by atoms with van der Waals surface area (Å²) >= 11 is 0. The molecular formula is C48H78. The van der Waals surface area contributed by atoms with Gasteiger partial charge in [-0.2, -0.15) is 0 Å². The van der Waals surface area contributed by atoms with Crippen LogP contribution in [0.4, 0.5) is 0 Å². The Bertz CT molecular complexity index is 869. The van der Waals surface area contributed by atoms with Crippen molar-refractivity contribution in [2.24, 2.45) is 107 Å². The molecule has 0 aromatic heterocycles. The van der Waals surface area contributed by atoms with E-state index in [1.807, 2.05) is 0 Å². The van der Waals surface area contributed by atoms with Crippen molar-refractivity contribution in [3.63, 3.8) is 0 Å². The van der Waals surface area contributed by atoms with E-state index in [0.29, 0.717) is 0 Å². The minimum absolute atomic E-state index is 1.11. The molecule has 10 fully saturated rings. The minimum Gasteiger partial charge on any atom is -0.0530 e. The van der Waals surface area contributed by atoms with Gasteiger partial charge < -0.3 is 0 Å². The summed E-state index contributed by atoms with van der Waals surface area (Å²) in [6, 6.07) is 0. The van der Waals surface area contributed by atoms with Gasteiger partial charge in [-0.05, 0) is 184 Å². The largest absolute Gasteiger partial charge is 0.0530 e. The second kappa shape index (κ2) is 14.1. The van der Waals surface area contributed by atoms with E-state index in [-0.39, 0.29) is 0 Å². The van der Waals surface area contributed by atoms with Gasteiger partial charge in [-0.3, -0.25) is 0 Å². The lowest BCUT2D eigenvalue weighted by Gasteiger charge is -2.61. The molecule has 0 amide bonds. The summed E-state index contributed by atoms with van der Waals surface area (Å²) in [4.78, 5) is 0. The van der Waals surface area contributed by atoms with Crippen LogP contribution in [0.5, 0.6) is 0 Å². The molecule has 10 aliphatic rings. The highest BCUT2D eigenvalue weighted by Gasteiger charge is 2.56. The molecule has 10 rings (SSSR count). The molecule has 0 heteroatoms. The fraction of sp³-hybridized carbons (Fsp3) is 1.00. The minimum atomic E-state index is 1.11. The summed E-state index contributed by atoms with van der Waals surface area (Å²) in [7, 11) is 0. The zero-order valence-corrected chi connectivity index (χ0v) is 31.6. The van der Waals surface area contributed by atoms with Gasteiger partial charge in [0, 0.05) is 0 Å². The van der Waals surface area contributed by atoms with Gasteiger partial charge in [0.05, 0.1) is 0 Å². The summed E-state index contributed by atoms with van der Waals surface area (Å²) in [5, 5.41) is 0. The van der Waals surface area contributed by atoms with Crippen LogP contribution in [0.1, 0.15) is 193 Å². The van der Waals surface area contributed by atoms with Crippen molar-refractivity contribution in [3.8, 4) is 0 Å². The van der Waals surface area contributed by atoms with E-state index in [1.54, 1.807) is 193 Å². The molecule has 0 aromatic carbocycles. The lowest BCUT2D eigenvalue weighted by atomic mass is 9.44. The summed E-state index contributed by atoms with van der Waals surface area (Å²) in [5.41, 5.74) is 0. The third kappa shape index (κ3) is 5.87. The Kier molecular flexibility index (Phi) is 9.58. The zero-order chi connectivity index (χ0) is 31.6. The van der Waals surface area contributed by atoms with Gasteiger partial charge in [-0.1, -0.05) is 116 Å². The number of rotatable bonds is 3. The first-order chi connectivity index (χ1) is 23.8. The maximum Gasteiger partial charge on any atom is -0.0324 e. The summed E-state index contributed by atoms with van der Waals surface area (Å²) in [5.74, 6) is 20.3. The lowest BCUT2D eigenvalue weighted by molar-refractivity contribution is -0.115. The molecule has 0 radical (unpaired) electrons. The lowest BCUT2D eigenvalue weighted by Crippen LogP contribution is -2.53. The summed E-state index contributed by atoms with van der Waals surface area (Å²) in [6.45, 7) is 0. The van der Waals surface area contributed by atoms with Crippen LogP contribution in [0, 0.1) is 107 Å². The molecule has 48 heavy (non-hydrogen) atoms. The van der Waals surface area contributed by atoms with Crippen molar-refractivity contribution < 1.29 is 0 Å². The van der Waals surface area contributed by atoms with Crippen molar-refractivity contribution in [1.29, 1.82) is 0 Å². The molecule has 0 aromatic rings. The Balaban J connectivity index is 1.04. The van der Waals surface area contributed by atoms with Gasteiger partial charge in [-0.15, -0.1) is 0 Å². The molecule has 10 saturated carbocycles. The van der Waals surface area contributed by atoms with Crippen molar-refractivity contribution in [2.45, 2.75) is 193 Å². The molecule has 0 aliphatic heterocycles. The van der Waals surface area contributed by atoms with Crippen LogP contribution in [0.15, 0.2) is 0 Å². The predicted octanol–water partition coefficient (Wildman–Crippen LogP) is 13.9. The van der Waals surface area contributed by atoms with E-state index in [1.165, 1.54) is 0 Å². The highest BCUT2D eigenvalue weighted by Crippen LogP contribution is 2.65. The molecule has 10 aliphatic carbocycles. The zero-order valence-electron chi connectivity index (χ0n) is 31.6. The number of hydrogen-bond donors (Lipinski definition) is 0. The van der Waals surface area contributed by atoms with Gasteiger partial charge in [0.2, 0.25) is 0 Å². The molecule has 0 saturated heterocycles. The molecule has 0 nitrogen and oxygen atoms in total. The Labute approximate surface area is 298 Å². The topological polar surface area (TPSA) is 0 Å². The molecule has 0 spiro atoms. The summed E-state index contributed by atoms with van der Waals surface area (Å²) < 4.78 is 0. The smallest absolute Gasteiger partial charge is 0.0324 e. The highest BCUT2D eigenvalue weighted by atomic mass is 14.6. The van der Waals surface area contributed by atoms with Gasteiger partial charge in [0.1, 0.15) is 0 Å². The Morgan fingerprint density at radius 2 is 0.333 bits per heavy atom. The van der Waals surface area contributed by atoms with Crippen LogP contribution in [0.3, 0.4) is 0 Å². The monoisotopic (exact) mass is 655 g/mol. The first-order valence-corrected chi connectivity index (χ1v) is 23.8. The Morgan fingerprint density at radius 3 is 0.542 bits per heavy atom. The van der Waals surface area contributed by atoms with E-state index in [9.17, 15) is 0 Å². The fourth-order valence-corrected chi connectivity index (χ4v) is 18.8. The molecular weight excluding hydrogens is 577 g/mol. The van der Waals surface area contributed by atoms with Crippen LogP contribution >= 0.6 is 0 Å². The van der Waals surface area contributed by atoms with Crippen LogP contribution < -0.4 is 0 Å². The molecule has 0 N–H and O–H groups in total. The highest BCUT2D eigenvalue weighted by molar-refractivity contribution is 5.06.